The molecule has 1 N–H and O–H groups in total. The van der Waals surface area contributed by atoms with Crippen LogP contribution >= 0.6 is 12.2 Å². The number of hydrogen-bond donors (Lipinski definition) is 1. The predicted molar refractivity (Wildman–Crippen MR) is 107 cm³/mol. The van der Waals surface area contributed by atoms with Crippen molar-refractivity contribution < 1.29 is 13.9 Å². The fourth-order valence-corrected chi connectivity index (χ4v) is 3.59. The van der Waals surface area contributed by atoms with Gasteiger partial charge in [0.25, 0.3) is 0 Å². The SMILES string of the molecule is [C-]#[N+]CC1CCN(c2ccc(N3C[C@H](CNC(C)=S)OC3=O)cc2F)CC1. The summed E-state index contributed by atoms with van der Waals surface area (Å²) >= 11 is 4.96. The van der Waals surface area contributed by atoms with Gasteiger partial charge in [-0.1, -0.05) is 12.2 Å². The van der Waals surface area contributed by atoms with Gasteiger partial charge < -0.3 is 19.8 Å². The number of benzene rings is 1. The zero-order valence-corrected chi connectivity index (χ0v) is 16.1. The van der Waals surface area contributed by atoms with Gasteiger partial charge in [0.05, 0.1) is 29.5 Å². The normalized spacial score (nSPS) is 20.3. The van der Waals surface area contributed by atoms with Crippen LogP contribution in [0.25, 0.3) is 4.85 Å². The van der Waals surface area contributed by atoms with E-state index in [2.05, 4.69) is 10.2 Å². The maximum absolute atomic E-state index is 14.7. The zero-order chi connectivity index (χ0) is 19.4. The lowest BCUT2D eigenvalue weighted by Gasteiger charge is -2.32. The molecule has 2 saturated heterocycles. The van der Waals surface area contributed by atoms with E-state index in [1.165, 1.54) is 11.0 Å². The van der Waals surface area contributed by atoms with Gasteiger partial charge in [-0.15, -0.1) is 0 Å². The first-order valence-corrected chi connectivity index (χ1v) is 9.49. The number of nitrogens with one attached hydrogen (secondary N) is 1. The van der Waals surface area contributed by atoms with E-state index in [0.29, 0.717) is 41.9 Å². The Morgan fingerprint density at radius 2 is 2.19 bits per heavy atom. The highest BCUT2D eigenvalue weighted by molar-refractivity contribution is 7.80. The first-order chi connectivity index (χ1) is 13.0. The van der Waals surface area contributed by atoms with E-state index < -0.39 is 6.09 Å². The van der Waals surface area contributed by atoms with Gasteiger partial charge in [0.1, 0.15) is 11.9 Å². The van der Waals surface area contributed by atoms with Crippen molar-refractivity contribution in [3.05, 3.63) is 35.4 Å². The second-order valence-corrected chi connectivity index (χ2v) is 7.57. The molecule has 2 fully saturated rings. The number of cyclic esters (lactones) is 1. The van der Waals surface area contributed by atoms with Crippen molar-refractivity contribution >= 4 is 34.7 Å². The Balaban J connectivity index is 1.64. The summed E-state index contributed by atoms with van der Waals surface area (Å²) in [6.45, 7) is 11.6. The molecule has 0 saturated carbocycles. The van der Waals surface area contributed by atoms with E-state index in [4.69, 9.17) is 23.5 Å². The number of carbonyl (C=O) groups excluding carboxylic acids is 1. The van der Waals surface area contributed by atoms with Crippen LogP contribution in [0.2, 0.25) is 0 Å². The highest BCUT2D eigenvalue weighted by Gasteiger charge is 2.33. The van der Waals surface area contributed by atoms with Crippen LogP contribution in [-0.2, 0) is 4.74 Å². The molecule has 1 atom stereocenters. The molecule has 1 aromatic carbocycles. The Labute approximate surface area is 164 Å². The van der Waals surface area contributed by atoms with Gasteiger partial charge in [-0.25, -0.2) is 15.8 Å². The summed E-state index contributed by atoms with van der Waals surface area (Å²) in [5.74, 6) is 0.0576. The Hall–Kier alpha value is -2.40. The number of anilines is 2. The third kappa shape index (κ3) is 4.66. The molecule has 0 unspecified atom stereocenters. The molecule has 0 aromatic heterocycles. The smallest absolute Gasteiger partial charge is 0.414 e. The lowest BCUT2D eigenvalue weighted by molar-refractivity contribution is 0.143. The van der Waals surface area contributed by atoms with Crippen LogP contribution in [0.15, 0.2) is 18.2 Å². The van der Waals surface area contributed by atoms with Gasteiger partial charge in [0.15, 0.2) is 0 Å². The Kier molecular flexibility index (Phi) is 6.11. The maximum atomic E-state index is 14.7. The molecule has 1 aromatic rings. The largest absolute Gasteiger partial charge is 0.442 e. The number of ether oxygens (including phenoxy) is 1. The van der Waals surface area contributed by atoms with Crippen molar-refractivity contribution in [2.75, 3.05) is 42.5 Å². The zero-order valence-electron chi connectivity index (χ0n) is 15.3. The van der Waals surface area contributed by atoms with E-state index in [-0.39, 0.29) is 11.9 Å². The summed E-state index contributed by atoms with van der Waals surface area (Å²) in [6.07, 6.45) is 1.00. The van der Waals surface area contributed by atoms with Crippen molar-refractivity contribution in [1.29, 1.82) is 0 Å². The Morgan fingerprint density at radius 1 is 1.44 bits per heavy atom. The quantitative estimate of drug-likeness (QED) is 0.618. The predicted octanol–water partition coefficient (Wildman–Crippen LogP) is 3.22. The monoisotopic (exact) mass is 390 g/mol. The molecular weight excluding hydrogens is 367 g/mol. The van der Waals surface area contributed by atoms with E-state index >= 15 is 0 Å². The fourth-order valence-electron chi connectivity index (χ4n) is 3.50. The molecule has 2 heterocycles. The molecule has 0 aliphatic carbocycles. The summed E-state index contributed by atoms with van der Waals surface area (Å²) in [7, 11) is 0. The van der Waals surface area contributed by atoms with Gasteiger partial charge in [0, 0.05) is 19.0 Å². The number of hydrogen-bond acceptors (Lipinski definition) is 4. The second-order valence-electron chi connectivity index (χ2n) is 6.96. The van der Waals surface area contributed by atoms with Crippen LogP contribution in [0.3, 0.4) is 0 Å². The number of piperidine rings is 1. The van der Waals surface area contributed by atoms with E-state index in [9.17, 15) is 9.18 Å². The lowest BCUT2D eigenvalue weighted by atomic mass is 9.96. The van der Waals surface area contributed by atoms with Crippen LogP contribution in [0.4, 0.5) is 20.6 Å². The Bertz CT molecular complexity index is 759. The molecule has 2 aliphatic rings. The van der Waals surface area contributed by atoms with Crippen LogP contribution in [0, 0.1) is 18.3 Å². The van der Waals surface area contributed by atoms with Crippen molar-refractivity contribution in [2.24, 2.45) is 5.92 Å². The van der Waals surface area contributed by atoms with Gasteiger partial charge in [-0.05, 0) is 38.0 Å². The van der Waals surface area contributed by atoms with Gasteiger partial charge in [-0.2, -0.15) is 0 Å². The van der Waals surface area contributed by atoms with Crippen molar-refractivity contribution in [2.45, 2.75) is 25.9 Å². The van der Waals surface area contributed by atoms with Crippen molar-refractivity contribution in [1.82, 2.24) is 5.32 Å². The number of thiocarbonyl (C=S) groups is 1. The number of carbonyl (C=O) groups is 1. The molecular formula is C19H23FN4O2S. The summed E-state index contributed by atoms with van der Waals surface area (Å²) in [6, 6.07) is 4.87. The minimum atomic E-state index is -0.476. The molecule has 3 rings (SSSR count). The third-order valence-corrected chi connectivity index (χ3v) is 5.14. The second kappa shape index (κ2) is 8.53. The minimum Gasteiger partial charge on any atom is -0.442 e. The number of nitrogens with zero attached hydrogens (tertiary/aromatic N) is 3. The van der Waals surface area contributed by atoms with Gasteiger partial charge >= 0.3 is 6.09 Å². The molecule has 1 amide bonds. The Morgan fingerprint density at radius 3 is 2.81 bits per heavy atom. The summed E-state index contributed by atoms with van der Waals surface area (Å²) < 4.78 is 20.0. The third-order valence-electron chi connectivity index (χ3n) is 5.00. The van der Waals surface area contributed by atoms with Crippen LogP contribution in [0.5, 0.6) is 0 Å². The summed E-state index contributed by atoms with van der Waals surface area (Å²) in [4.78, 5) is 19.7. The maximum Gasteiger partial charge on any atom is 0.414 e. The number of rotatable bonds is 5. The minimum absolute atomic E-state index is 0.320. The topological polar surface area (TPSA) is 49.2 Å². The summed E-state index contributed by atoms with van der Waals surface area (Å²) in [5.41, 5.74) is 1.04. The molecule has 144 valence electrons. The van der Waals surface area contributed by atoms with E-state index in [0.717, 1.165) is 25.9 Å². The van der Waals surface area contributed by atoms with Crippen molar-refractivity contribution in [3.63, 3.8) is 0 Å². The van der Waals surface area contributed by atoms with Crippen LogP contribution in [0.1, 0.15) is 19.8 Å². The van der Waals surface area contributed by atoms with Gasteiger partial charge in [0.2, 0.25) is 6.54 Å². The lowest BCUT2D eigenvalue weighted by Crippen LogP contribution is -2.35. The van der Waals surface area contributed by atoms with Crippen LogP contribution in [-0.4, -0.2) is 49.9 Å². The molecule has 27 heavy (non-hydrogen) atoms. The molecule has 0 radical (unpaired) electrons. The van der Waals surface area contributed by atoms with E-state index in [1.807, 2.05) is 4.90 Å². The molecule has 6 nitrogen and oxygen atoms in total. The molecule has 8 heteroatoms. The number of halogens is 1. The molecule has 0 bridgehead atoms. The highest BCUT2D eigenvalue weighted by Crippen LogP contribution is 2.30. The van der Waals surface area contributed by atoms with E-state index in [1.54, 1.807) is 19.1 Å². The highest BCUT2D eigenvalue weighted by atomic mass is 32.1. The summed E-state index contributed by atoms with van der Waals surface area (Å²) in [5, 5.41) is 2.98. The first kappa shape index (κ1) is 19.4. The van der Waals surface area contributed by atoms with Crippen LogP contribution < -0.4 is 15.1 Å². The average molecular weight is 390 g/mol. The molecule has 2 aliphatic heterocycles. The average Bonchev–Trinajstić information content (AvgIpc) is 3.02. The van der Waals surface area contributed by atoms with Crippen molar-refractivity contribution in [3.8, 4) is 0 Å². The van der Waals surface area contributed by atoms with Gasteiger partial charge in [-0.3, -0.25) is 4.90 Å². The molecule has 0 spiro atoms. The fraction of sp³-hybridized carbons (Fsp3) is 0.526. The number of amides is 1. The first-order valence-electron chi connectivity index (χ1n) is 9.08. The standard InChI is InChI=1S/C19H23FN4O2S/c1-13(27)22-11-16-12-24(19(25)26-16)15-3-4-18(17(20)9-15)23-7-5-14(6-8-23)10-21-2/h3-4,9,14,16H,5-8,10-12H2,1H3,(H,22,27)/t16-/m0/s1.